The molecule has 0 amide bonds. The lowest BCUT2D eigenvalue weighted by Gasteiger charge is -2.19. The molecule has 1 aromatic carbocycles. The Balaban J connectivity index is 1.59. The van der Waals surface area contributed by atoms with Crippen molar-refractivity contribution in [3.63, 3.8) is 0 Å². The van der Waals surface area contributed by atoms with E-state index in [4.69, 9.17) is 9.26 Å². The molecule has 1 aromatic heterocycles. The number of benzene rings is 1. The first kappa shape index (κ1) is 13.2. The Morgan fingerprint density at radius 2 is 1.90 bits per heavy atom. The highest BCUT2D eigenvalue weighted by atomic mass is 16.5. The van der Waals surface area contributed by atoms with Crippen LogP contribution >= 0.6 is 0 Å². The molecule has 4 nitrogen and oxygen atoms in total. The van der Waals surface area contributed by atoms with Gasteiger partial charge in [-0.15, -0.1) is 0 Å². The minimum atomic E-state index is 0.158. The molecule has 0 saturated heterocycles. The van der Waals surface area contributed by atoms with Gasteiger partial charge in [-0.25, -0.2) is 0 Å². The van der Waals surface area contributed by atoms with E-state index in [0.717, 1.165) is 24.5 Å². The van der Waals surface area contributed by atoms with E-state index in [-0.39, 0.29) is 5.41 Å². The summed E-state index contributed by atoms with van der Waals surface area (Å²) in [6.45, 7) is 6.94. The van der Waals surface area contributed by atoms with Crippen molar-refractivity contribution in [2.75, 3.05) is 0 Å². The summed E-state index contributed by atoms with van der Waals surface area (Å²) in [5, 5.41) is 3.94. The number of ether oxygens (including phenoxy) is 1. The van der Waals surface area contributed by atoms with Gasteiger partial charge in [-0.05, 0) is 36.0 Å². The van der Waals surface area contributed by atoms with E-state index in [1.54, 1.807) is 0 Å². The lowest BCUT2D eigenvalue weighted by atomic mass is 9.87. The third kappa shape index (κ3) is 3.00. The summed E-state index contributed by atoms with van der Waals surface area (Å²) in [4.78, 5) is 4.34. The Kier molecular flexibility index (Phi) is 3.24. The van der Waals surface area contributed by atoms with E-state index in [1.165, 1.54) is 5.56 Å². The molecule has 4 heteroatoms. The predicted molar refractivity (Wildman–Crippen MR) is 75.7 cm³/mol. The Morgan fingerprint density at radius 3 is 2.50 bits per heavy atom. The zero-order chi connectivity index (χ0) is 14.2. The smallest absolute Gasteiger partial charge is 0.229 e. The maximum Gasteiger partial charge on any atom is 0.229 e. The van der Waals surface area contributed by atoms with Crippen molar-refractivity contribution in [1.29, 1.82) is 0 Å². The van der Waals surface area contributed by atoms with Gasteiger partial charge in [0.15, 0.2) is 6.61 Å². The fourth-order valence-electron chi connectivity index (χ4n) is 2.02. The molecule has 106 valence electrons. The highest BCUT2D eigenvalue weighted by molar-refractivity contribution is 5.31. The zero-order valence-electron chi connectivity index (χ0n) is 12.2. The van der Waals surface area contributed by atoms with Gasteiger partial charge in [0.25, 0.3) is 0 Å². The normalized spacial score (nSPS) is 15.3. The van der Waals surface area contributed by atoms with Crippen LogP contribution in [0.1, 0.15) is 56.8 Å². The van der Waals surface area contributed by atoms with E-state index >= 15 is 0 Å². The Labute approximate surface area is 119 Å². The number of hydrogen-bond donors (Lipinski definition) is 0. The zero-order valence-corrected chi connectivity index (χ0v) is 12.2. The quantitative estimate of drug-likeness (QED) is 0.848. The summed E-state index contributed by atoms with van der Waals surface area (Å²) in [6, 6.07) is 8.17. The first-order chi connectivity index (χ1) is 9.52. The van der Waals surface area contributed by atoms with Crippen LogP contribution in [0.15, 0.2) is 28.8 Å². The molecule has 0 spiro atoms. The summed E-state index contributed by atoms with van der Waals surface area (Å²) < 4.78 is 10.9. The van der Waals surface area contributed by atoms with Gasteiger partial charge in [0.2, 0.25) is 11.7 Å². The van der Waals surface area contributed by atoms with Gasteiger partial charge < -0.3 is 9.26 Å². The van der Waals surface area contributed by atoms with E-state index in [0.29, 0.717) is 18.3 Å². The van der Waals surface area contributed by atoms with Gasteiger partial charge in [0, 0.05) is 5.92 Å². The van der Waals surface area contributed by atoms with Crippen LogP contribution < -0.4 is 4.74 Å². The SMILES string of the molecule is CC(C)(C)c1ccc(OCc2noc(C3CC3)n2)cc1. The van der Waals surface area contributed by atoms with Gasteiger partial charge in [0.1, 0.15) is 5.75 Å². The van der Waals surface area contributed by atoms with Crippen molar-refractivity contribution in [3.8, 4) is 5.75 Å². The number of aromatic nitrogens is 2. The molecule has 1 aliphatic carbocycles. The lowest BCUT2D eigenvalue weighted by Crippen LogP contribution is -2.10. The van der Waals surface area contributed by atoms with E-state index in [2.05, 4.69) is 43.0 Å². The summed E-state index contributed by atoms with van der Waals surface area (Å²) in [5.41, 5.74) is 1.45. The molecule has 0 atom stereocenters. The predicted octanol–water partition coefficient (Wildman–Crippen LogP) is 3.82. The van der Waals surface area contributed by atoms with Crippen molar-refractivity contribution in [1.82, 2.24) is 10.1 Å². The minimum absolute atomic E-state index is 0.158. The third-order valence-electron chi connectivity index (χ3n) is 3.50. The topological polar surface area (TPSA) is 48.2 Å². The van der Waals surface area contributed by atoms with Crippen molar-refractivity contribution < 1.29 is 9.26 Å². The summed E-state index contributed by atoms with van der Waals surface area (Å²) in [7, 11) is 0. The van der Waals surface area contributed by atoms with E-state index in [9.17, 15) is 0 Å². The maximum atomic E-state index is 5.69. The van der Waals surface area contributed by atoms with Crippen molar-refractivity contribution in [2.45, 2.75) is 51.6 Å². The van der Waals surface area contributed by atoms with Crippen LogP contribution in [0.4, 0.5) is 0 Å². The van der Waals surface area contributed by atoms with Gasteiger partial charge in [-0.1, -0.05) is 38.1 Å². The number of rotatable bonds is 4. The molecule has 20 heavy (non-hydrogen) atoms. The van der Waals surface area contributed by atoms with Gasteiger partial charge in [-0.3, -0.25) is 0 Å². The summed E-state index contributed by atoms with van der Waals surface area (Å²) in [5.74, 6) is 2.69. The molecule has 1 aliphatic rings. The number of hydrogen-bond acceptors (Lipinski definition) is 4. The molecular formula is C16H20N2O2. The highest BCUT2D eigenvalue weighted by Gasteiger charge is 2.29. The fraction of sp³-hybridized carbons (Fsp3) is 0.500. The molecular weight excluding hydrogens is 252 g/mol. The van der Waals surface area contributed by atoms with E-state index < -0.39 is 0 Å². The van der Waals surface area contributed by atoms with Crippen LogP contribution in [0.5, 0.6) is 5.75 Å². The average molecular weight is 272 g/mol. The van der Waals surface area contributed by atoms with Crippen LogP contribution in [0.3, 0.4) is 0 Å². The minimum Gasteiger partial charge on any atom is -0.485 e. The van der Waals surface area contributed by atoms with Gasteiger partial charge in [0.05, 0.1) is 0 Å². The second-order valence-corrected chi connectivity index (χ2v) is 6.39. The molecule has 1 saturated carbocycles. The van der Waals surface area contributed by atoms with Crippen LogP contribution in [-0.4, -0.2) is 10.1 Å². The van der Waals surface area contributed by atoms with Crippen LogP contribution in [-0.2, 0) is 12.0 Å². The molecule has 1 heterocycles. The summed E-state index contributed by atoms with van der Waals surface area (Å²) >= 11 is 0. The third-order valence-corrected chi connectivity index (χ3v) is 3.50. The highest BCUT2D eigenvalue weighted by Crippen LogP contribution is 2.38. The van der Waals surface area contributed by atoms with E-state index in [1.807, 2.05) is 12.1 Å². The molecule has 2 aromatic rings. The molecule has 0 unspecified atom stereocenters. The lowest BCUT2D eigenvalue weighted by molar-refractivity contribution is 0.285. The van der Waals surface area contributed by atoms with Gasteiger partial charge >= 0.3 is 0 Å². The fourth-order valence-corrected chi connectivity index (χ4v) is 2.02. The second kappa shape index (κ2) is 4.93. The Bertz CT molecular complexity index is 577. The summed E-state index contributed by atoms with van der Waals surface area (Å²) in [6.07, 6.45) is 2.33. The largest absolute Gasteiger partial charge is 0.485 e. The first-order valence-corrected chi connectivity index (χ1v) is 7.08. The molecule has 0 N–H and O–H groups in total. The van der Waals surface area contributed by atoms with Gasteiger partial charge in [-0.2, -0.15) is 4.98 Å². The first-order valence-electron chi connectivity index (χ1n) is 7.08. The number of nitrogens with zero attached hydrogens (tertiary/aromatic N) is 2. The Morgan fingerprint density at radius 1 is 1.20 bits per heavy atom. The molecule has 0 bridgehead atoms. The Hall–Kier alpha value is -1.84. The molecule has 0 radical (unpaired) electrons. The maximum absolute atomic E-state index is 5.69. The van der Waals surface area contributed by atoms with Crippen LogP contribution in [0, 0.1) is 0 Å². The molecule has 1 fully saturated rings. The van der Waals surface area contributed by atoms with Crippen molar-refractivity contribution in [2.24, 2.45) is 0 Å². The second-order valence-electron chi connectivity index (χ2n) is 6.39. The standard InChI is InChI=1S/C16H20N2O2/c1-16(2,3)12-6-8-13(9-7-12)19-10-14-17-15(20-18-14)11-4-5-11/h6-9,11H,4-5,10H2,1-3H3. The van der Waals surface area contributed by atoms with Crippen LogP contribution in [0.2, 0.25) is 0 Å². The average Bonchev–Trinajstić information content (AvgIpc) is 3.15. The van der Waals surface area contributed by atoms with Crippen molar-refractivity contribution >= 4 is 0 Å². The molecule has 0 aliphatic heterocycles. The monoisotopic (exact) mass is 272 g/mol. The van der Waals surface area contributed by atoms with Crippen molar-refractivity contribution in [3.05, 3.63) is 41.5 Å². The molecule has 3 rings (SSSR count). The van der Waals surface area contributed by atoms with Crippen LogP contribution in [0.25, 0.3) is 0 Å².